The predicted molar refractivity (Wildman–Crippen MR) is 85.1 cm³/mol. The number of aromatic nitrogens is 1. The van der Waals surface area contributed by atoms with Crippen molar-refractivity contribution in [3.63, 3.8) is 0 Å². The highest BCUT2D eigenvalue weighted by Gasteiger charge is 2.20. The summed E-state index contributed by atoms with van der Waals surface area (Å²) in [6.45, 7) is 0.0604. The minimum atomic E-state index is -0.837. The van der Waals surface area contributed by atoms with E-state index in [0.717, 1.165) is 5.56 Å². The van der Waals surface area contributed by atoms with E-state index in [-0.39, 0.29) is 17.6 Å². The smallest absolute Gasteiger partial charge is 0.294 e. The maximum absolute atomic E-state index is 12.5. The molecule has 3 rings (SSSR count). The number of nitrogens with zero attached hydrogens (tertiary/aromatic N) is 1. The van der Waals surface area contributed by atoms with Crippen molar-refractivity contribution in [3.05, 3.63) is 76.1 Å². The topological polar surface area (TPSA) is 94.6 Å². The van der Waals surface area contributed by atoms with Crippen molar-refractivity contribution in [1.29, 1.82) is 0 Å². The molecule has 1 aromatic heterocycles. The van der Waals surface area contributed by atoms with E-state index < -0.39 is 17.3 Å². The van der Waals surface area contributed by atoms with Crippen molar-refractivity contribution in [2.75, 3.05) is 0 Å². The Bertz CT molecular complexity index is 932. The van der Waals surface area contributed by atoms with Gasteiger partial charge in [0.15, 0.2) is 0 Å². The lowest BCUT2D eigenvalue weighted by molar-refractivity contribution is 0.0703. The highest BCUT2D eigenvalue weighted by Crippen LogP contribution is 2.23. The third-order valence-electron chi connectivity index (χ3n) is 3.48. The van der Waals surface area contributed by atoms with E-state index in [1.54, 1.807) is 24.3 Å². The van der Waals surface area contributed by atoms with Gasteiger partial charge in [0.25, 0.3) is 11.5 Å². The van der Waals surface area contributed by atoms with E-state index in [2.05, 4.69) is 0 Å². The van der Waals surface area contributed by atoms with Crippen LogP contribution in [0.2, 0.25) is 0 Å². The monoisotopic (exact) mass is 310 g/mol. The molecule has 1 heterocycles. The van der Waals surface area contributed by atoms with Crippen molar-refractivity contribution in [2.45, 2.75) is 6.61 Å². The van der Waals surface area contributed by atoms with Crippen LogP contribution in [0.1, 0.15) is 15.9 Å². The van der Waals surface area contributed by atoms with Gasteiger partial charge >= 0.3 is 0 Å². The van der Waals surface area contributed by atoms with E-state index in [9.17, 15) is 14.7 Å². The van der Waals surface area contributed by atoms with E-state index in [1.807, 2.05) is 30.3 Å². The summed E-state index contributed by atoms with van der Waals surface area (Å²) < 4.78 is 0.704. The molecule has 0 aliphatic rings. The van der Waals surface area contributed by atoms with Crippen LogP contribution in [0.5, 0.6) is 5.88 Å². The second kappa shape index (κ2) is 5.84. The number of nitrogens with two attached hydrogens (primary N) is 1. The highest BCUT2D eigenvalue weighted by atomic mass is 16.7. The fraction of sp³-hybridized carbons (Fsp3) is 0.0588. The van der Waals surface area contributed by atoms with E-state index in [4.69, 9.17) is 10.6 Å². The Kier molecular flexibility index (Phi) is 3.72. The molecular weight excluding hydrogens is 296 g/mol. The number of aromatic hydroxyl groups is 1. The van der Waals surface area contributed by atoms with Crippen molar-refractivity contribution in [3.8, 4) is 5.88 Å². The second-order valence-electron chi connectivity index (χ2n) is 4.97. The Balaban J connectivity index is 2.13. The van der Waals surface area contributed by atoms with Gasteiger partial charge in [0.05, 0.1) is 5.39 Å². The lowest BCUT2D eigenvalue weighted by Crippen LogP contribution is -2.29. The molecule has 116 valence electrons. The zero-order chi connectivity index (χ0) is 16.4. The van der Waals surface area contributed by atoms with Gasteiger partial charge in [-0.2, -0.15) is 0 Å². The molecule has 0 saturated carbocycles. The van der Waals surface area contributed by atoms with Crippen LogP contribution in [0.3, 0.4) is 0 Å². The first kappa shape index (κ1) is 14.6. The fourth-order valence-electron chi connectivity index (χ4n) is 2.39. The normalized spacial score (nSPS) is 10.6. The lowest BCUT2D eigenvalue weighted by atomic mass is 10.1. The van der Waals surface area contributed by atoms with Crippen LogP contribution in [0, 0.1) is 0 Å². The number of amides is 1. The first-order valence-corrected chi connectivity index (χ1v) is 6.93. The largest absolute Gasteiger partial charge is 0.492 e. The molecule has 0 unspecified atom stereocenters. The lowest BCUT2D eigenvalue weighted by Gasteiger charge is -2.14. The standard InChI is InChI=1S/C17H14N2O4/c18-15(20)14-12-8-4-5-9-13(12)16(21)19(17(14)22)23-10-11-6-2-1-3-7-11/h1-9,22H,10H2,(H2,18,20). The minimum absolute atomic E-state index is 0.0604. The molecule has 2 aromatic carbocycles. The van der Waals surface area contributed by atoms with E-state index >= 15 is 0 Å². The molecule has 6 nitrogen and oxygen atoms in total. The van der Waals surface area contributed by atoms with Gasteiger partial charge in [0.2, 0.25) is 5.88 Å². The van der Waals surface area contributed by atoms with Crippen LogP contribution in [0.15, 0.2) is 59.4 Å². The second-order valence-corrected chi connectivity index (χ2v) is 4.97. The minimum Gasteiger partial charge on any atom is -0.492 e. The third-order valence-corrected chi connectivity index (χ3v) is 3.48. The van der Waals surface area contributed by atoms with Gasteiger partial charge in [-0.3, -0.25) is 9.59 Å². The van der Waals surface area contributed by atoms with E-state index in [0.29, 0.717) is 10.1 Å². The molecule has 3 N–H and O–H groups in total. The molecule has 0 spiro atoms. The number of rotatable bonds is 4. The number of fused-ring (bicyclic) bond motifs is 1. The molecular formula is C17H14N2O4. The number of hydrogen-bond donors (Lipinski definition) is 2. The first-order valence-electron chi connectivity index (χ1n) is 6.93. The van der Waals surface area contributed by atoms with Crippen molar-refractivity contribution in [2.24, 2.45) is 5.73 Å². The molecule has 0 aliphatic heterocycles. The Morgan fingerprint density at radius 2 is 1.65 bits per heavy atom. The van der Waals surface area contributed by atoms with Crippen LogP contribution in [-0.2, 0) is 6.61 Å². The van der Waals surface area contributed by atoms with E-state index in [1.165, 1.54) is 0 Å². The van der Waals surface area contributed by atoms with Crippen LogP contribution < -0.4 is 16.1 Å². The Hall–Kier alpha value is -3.28. The van der Waals surface area contributed by atoms with Gasteiger partial charge in [-0.25, -0.2) is 0 Å². The summed E-state index contributed by atoms with van der Waals surface area (Å²) in [7, 11) is 0. The van der Waals surface area contributed by atoms with Crippen molar-refractivity contribution < 1.29 is 14.7 Å². The maximum atomic E-state index is 12.5. The summed E-state index contributed by atoms with van der Waals surface area (Å²) in [5.74, 6) is -1.44. The summed E-state index contributed by atoms with van der Waals surface area (Å²) in [5, 5.41) is 10.8. The molecule has 23 heavy (non-hydrogen) atoms. The Morgan fingerprint density at radius 1 is 1.04 bits per heavy atom. The predicted octanol–water partition coefficient (Wildman–Crippen LogP) is 1.43. The Morgan fingerprint density at radius 3 is 2.30 bits per heavy atom. The van der Waals surface area contributed by atoms with Crippen molar-refractivity contribution in [1.82, 2.24) is 4.73 Å². The molecule has 1 amide bonds. The number of benzene rings is 2. The SMILES string of the molecule is NC(=O)c1c(O)n(OCc2ccccc2)c(=O)c2ccccc12. The summed E-state index contributed by atoms with van der Waals surface area (Å²) in [6.07, 6.45) is 0. The zero-order valence-electron chi connectivity index (χ0n) is 12.1. The number of primary amides is 1. The summed E-state index contributed by atoms with van der Waals surface area (Å²) in [4.78, 5) is 29.5. The molecule has 0 atom stereocenters. The van der Waals surface area contributed by atoms with Crippen LogP contribution >= 0.6 is 0 Å². The van der Waals surface area contributed by atoms with Gasteiger partial charge in [-0.1, -0.05) is 48.5 Å². The summed E-state index contributed by atoms with van der Waals surface area (Å²) >= 11 is 0. The van der Waals surface area contributed by atoms with Crippen LogP contribution in [0.4, 0.5) is 0 Å². The molecule has 0 fully saturated rings. The number of carbonyl (C=O) groups is 1. The van der Waals surface area contributed by atoms with Gasteiger partial charge in [0.1, 0.15) is 12.2 Å². The first-order chi connectivity index (χ1) is 11.1. The van der Waals surface area contributed by atoms with Gasteiger partial charge in [-0.05, 0) is 11.6 Å². The van der Waals surface area contributed by atoms with Gasteiger partial charge in [0, 0.05) is 5.39 Å². The Labute approximate surface area is 131 Å². The average Bonchev–Trinajstić information content (AvgIpc) is 2.55. The van der Waals surface area contributed by atoms with Gasteiger partial charge < -0.3 is 15.7 Å². The number of pyridine rings is 1. The fourth-order valence-corrected chi connectivity index (χ4v) is 2.39. The zero-order valence-corrected chi connectivity index (χ0v) is 12.1. The molecule has 3 aromatic rings. The molecule has 0 radical (unpaired) electrons. The summed E-state index contributed by atoms with van der Waals surface area (Å²) in [5.41, 5.74) is 5.45. The van der Waals surface area contributed by atoms with Gasteiger partial charge in [-0.15, -0.1) is 4.73 Å². The number of hydrogen-bond acceptors (Lipinski definition) is 4. The van der Waals surface area contributed by atoms with Crippen LogP contribution in [0.25, 0.3) is 10.8 Å². The molecule has 6 heteroatoms. The summed E-state index contributed by atoms with van der Waals surface area (Å²) in [6, 6.07) is 15.6. The van der Waals surface area contributed by atoms with Crippen LogP contribution in [-0.4, -0.2) is 15.7 Å². The molecule has 0 bridgehead atoms. The molecule has 0 saturated heterocycles. The average molecular weight is 310 g/mol. The third kappa shape index (κ3) is 2.62. The maximum Gasteiger partial charge on any atom is 0.294 e. The highest BCUT2D eigenvalue weighted by molar-refractivity contribution is 6.07. The molecule has 0 aliphatic carbocycles. The number of carbonyl (C=O) groups excluding carboxylic acids is 1. The van der Waals surface area contributed by atoms with Crippen molar-refractivity contribution >= 4 is 16.7 Å². The quantitative estimate of drug-likeness (QED) is 0.762.